The Morgan fingerprint density at radius 1 is 1.00 bits per heavy atom. The van der Waals surface area contributed by atoms with Gasteiger partial charge >= 0.3 is 5.97 Å². The van der Waals surface area contributed by atoms with Crippen LogP contribution in [0.15, 0.2) is 53.0 Å². The molecule has 3 aromatic carbocycles. The van der Waals surface area contributed by atoms with Gasteiger partial charge in [-0.3, -0.25) is 4.79 Å². The molecule has 0 amide bonds. The number of benzene rings is 3. The summed E-state index contributed by atoms with van der Waals surface area (Å²) in [6.07, 6.45) is 4.58. The van der Waals surface area contributed by atoms with Crippen molar-refractivity contribution >= 4 is 43.4 Å². The number of halogens is 1. The zero-order chi connectivity index (χ0) is 22.9. The Morgan fingerprint density at radius 2 is 1.62 bits per heavy atom. The molecule has 1 unspecified atom stereocenters. The number of carbonyl (C=O) groups is 1. The Labute approximate surface area is 199 Å². The van der Waals surface area contributed by atoms with Crippen LogP contribution in [0.4, 0.5) is 0 Å². The number of ether oxygens (including phenoxy) is 2. The van der Waals surface area contributed by atoms with Crippen LogP contribution < -0.4 is 0 Å². The van der Waals surface area contributed by atoms with E-state index < -0.39 is 5.60 Å². The van der Waals surface area contributed by atoms with Crippen LogP contribution in [0.3, 0.4) is 0 Å². The van der Waals surface area contributed by atoms with Crippen molar-refractivity contribution in [1.82, 2.24) is 0 Å². The van der Waals surface area contributed by atoms with Gasteiger partial charge in [0.2, 0.25) is 0 Å². The van der Waals surface area contributed by atoms with E-state index in [0.717, 1.165) is 42.1 Å². The van der Waals surface area contributed by atoms with Crippen LogP contribution >= 0.6 is 15.9 Å². The highest BCUT2D eigenvalue weighted by molar-refractivity contribution is 9.10. The van der Waals surface area contributed by atoms with E-state index in [0.29, 0.717) is 0 Å². The molecule has 0 aromatic heterocycles. The summed E-state index contributed by atoms with van der Waals surface area (Å²) < 4.78 is 13.4. The predicted molar refractivity (Wildman–Crippen MR) is 135 cm³/mol. The second-order valence-electron chi connectivity index (χ2n) is 9.62. The summed E-state index contributed by atoms with van der Waals surface area (Å²) >= 11 is 3.89. The molecule has 0 aliphatic heterocycles. The molecule has 0 saturated heterocycles. The molecule has 1 fully saturated rings. The fourth-order valence-corrected chi connectivity index (χ4v) is 5.59. The molecule has 0 N–H and O–H groups in total. The molecule has 0 bridgehead atoms. The summed E-state index contributed by atoms with van der Waals surface area (Å²) in [6, 6.07) is 17.3. The van der Waals surface area contributed by atoms with Crippen molar-refractivity contribution in [1.29, 1.82) is 0 Å². The Balaban J connectivity index is 1.47. The maximum atomic E-state index is 12.1. The lowest BCUT2D eigenvalue weighted by atomic mass is 9.91. The fraction of sp³-hybridized carbons (Fsp3) is 0.464. The highest BCUT2D eigenvalue weighted by Gasteiger charge is 2.32. The molecule has 0 heterocycles. The van der Waals surface area contributed by atoms with Crippen molar-refractivity contribution in [3.63, 3.8) is 0 Å². The van der Waals surface area contributed by atoms with E-state index in [1.807, 2.05) is 13.8 Å². The molecule has 0 spiro atoms. The first-order valence-corrected chi connectivity index (χ1v) is 12.6. The third-order valence-corrected chi connectivity index (χ3v) is 7.70. The average molecular weight is 497 g/mol. The Hall–Kier alpha value is -1.91. The van der Waals surface area contributed by atoms with Gasteiger partial charge in [-0.05, 0) is 101 Å². The summed E-state index contributed by atoms with van der Waals surface area (Å²) in [5.74, 6) is -0.0879. The number of carbonyl (C=O) groups excluding carboxylic acids is 1. The molecule has 1 saturated carbocycles. The van der Waals surface area contributed by atoms with E-state index >= 15 is 0 Å². The third kappa shape index (κ3) is 4.87. The molecule has 3 aromatic rings. The molecule has 170 valence electrons. The summed E-state index contributed by atoms with van der Waals surface area (Å²) in [7, 11) is 0. The third-order valence-electron chi connectivity index (χ3n) is 6.85. The number of esters is 1. The molecule has 1 atom stereocenters. The molecule has 1 aliphatic carbocycles. The van der Waals surface area contributed by atoms with E-state index in [4.69, 9.17) is 9.47 Å². The maximum Gasteiger partial charge on any atom is 0.308 e. The minimum atomic E-state index is -0.427. The van der Waals surface area contributed by atoms with E-state index in [-0.39, 0.29) is 24.1 Å². The van der Waals surface area contributed by atoms with Gasteiger partial charge in [0.25, 0.3) is 0 Å². The highest BCUT2D eigenvalue weighted by Crippen LogP contribution is 2.40. The van der Waals surface area contributed by atoms with Gasteiger partial charge in [-0.2, -0.15) is 0 Å². The number of hydrogen-bond donors (Lipinski definition) is 0. The lowest BCUT2D eigenvalue weighted by Crippen LogP contribution is -2.34. The number of rotatable bonds is 6. The minimum absolute atomic E-state index is 0.0229. The van der Waals surface area contributed by atoms with Crippen LogP contribution in [0, 0.1) is 5.92 Å². The Bertz CT molecular complexity index is 1110. The first kappa shape index (κ1) is 23.3. The fourth-order valence-electron chi connectivity index (χ4n) is 4.64. The molecule has 4 heteroatoms. The first-order valence-electron chi connectivity index (χ1n) is 11.8. The SMILES string of the molecule is CCC(C)C(=O)OC1CCC(OC(C)(C)c2ccc3cc4ccccc4cc3c2Br)CC1. The van der Waals surface area contributed by atoms with Crippen molar-refractivity contribution in [2.24, 2.45) is 5.92 Å². The standard InChI is InChI=1S/C28H33BrO3/c1-5-18(2)27(30)31-22-11-13-23(14-12-22)32-28(3,4)25-15-10-21-16-19-8-6-7-9-20(19)17-24(21)26(25)29/h6-10,15-18,22-23H,5,11-14H2,1-4H3. The predicted octanol–water partition coefficient (Wildman–Crippen LogP) is 7.91. The van der Waals surface area contributed by atoms with Crippen molar-refractivity contribution in [3.8, 4) is 0 Å². The van der Waals surface area contributed by atoms with Crippen LogP contribution in [0.2, 0.25) is 0 Å². The molecule has 32 heavy (non-hydrogen) atoms. The summed E-state index contributed by atoms with van der Waals surface area (Å²) in [6.45, 7) is 8.25. The highest BCUT2D eigenvalue weighted by atomic mass is 79.9. The molecule has 0 radical (unpaired) electrons. The summed E-state index contributed by atoms with van der Waals surface area (Å²) in [5.41, 5.74) is 0.731. The van der Waals surface area contributed by atoms with E-state index in [9.17, 15) is 4.79 Å². The molecule has 4 rings (SSSR count). The molecule has 1 aliphatic rings. The smallest absolute Gasteiger partial charge is 0.308 e. The van der Waals surface area contributed by atoms with Gasteiger partial charge in [-0.25, -0.2) is 0 Å². The van der Waals surface area contributed by atoms with Gasteiger partial charge in [0.05, 0.1) is 17.6 Å². The van der Waals surface area contributed by atoms with Gasteiger partial charge in [0, 0.05) is 4.47 Å². The van der Waals surface area contributed by atoms with E-state index in [1.54, 1.807) is 0 Å². The van der Waals surface area contributed by atoms with Crippen molar-refractivity contribution in [2.75, 3.05) is 0 Å². The van der Waals surface area contributed by atoms with Gasteiger partial charge in [0.15, 0.2) is 0 Å². The summed E-state index contributed by atoms with van der Waals surface area (Å²) in [4.78, 5) is 12.1. The zero-order valence-electron chi connectivity index (χ0n) is 19.5. The quantitative estimate of drug-likeness (QED) is 0.256. The monoisotopic (exact) mass is 496 g/mol. The van der Waals surface area contributed by atoms with Gasteiger partial charge in [-0.1, -0.05) is 50.2 Å². The van der Waals surface area contributed by atoms with Crippen molar-refractivity contribution in [2.45, 2.75) is 77.6 Å². The Morgan fingerprint density at radius 3 is 2.28 bits per heavy atom. The van der Waals surface area contributed by atoms with Gasteiger partial charge in [0.1, 0.15) is 6.10 Å². The normalized spacial score (nSPS) is 20.4. The van der Waals surface area contributed by atoms with Crippen LogP contribution in [0.1, 0.15) is 65.4 Å². The lowest BCUT2D eigenvalue weighted by molar-refractivity contribution is -0.159. The first-order chi connectivity index (χ1) is 15.3. The van der Waals surface area contributed by atoms with Gasteiger partial charge in [-0.15, -0.1) is 0 Å². The van der Waals surface area contributed by atoms with Crippen molar-refractivity contribution in [3.05, 3.63) is 58.6 Å². The van der Waals surface area contributed by atoms with E-state index in [2.05, 4.69) is 78.3 Å². The topological polar surface area (TPSA) is 35.5 Å². The average Bonchev–Trinajstić information content (AvgIpc) is 2.78. The second-order valence-corrected chi connectivity index (χ2v) is 10.4. The van der Waals surface area contributed by atoms with Crippen LogP contribution in [-0.4, -0.2) is 18.2 Å². The van der Waals surface area contributed by atoms with E-state index in [1.165, 1.54) is 21.5 Å². The number of fused-ring (bicyclic) bond motifs is 2. The van der Waals surface area contributed by atoms with Crippen LogP contribution in [-0.2, 0) is 19.9 Å². The minimum Gasteiger partial charge on any atom is -0.462 e. The van der Waals surface area contributed by atoms with Crippen LogP contribution in [0.5, 0.6) is 0 Å². The molecule has 3 nitrogen and oxygen atoms in total. The molecular weight excluding hydrogens is 464 g/mol. The summed E-state index contributed by atoms with van der Waals surface area (Å²) in [5, 5.41) is 4.92. The second kappa shape index (κ2) is 9.52. The number of hydrogen-bond acceptors (Lipinski definition) is 3. The lowest BCUT2D eigenvalue weighted by Gasteiger charge is -2.36. The Kier molecular flexibility index (Phi) is 6.92. The molecular formula is C28H33BrO3. The van der Waals surface area contributed by atoms with Crippen LogP contribution in [0.25, 0.3) is 21.5 Å². The van der Waals surface area contributed by atoms with Gasteiger partial charge < -0.3 is 9.47 Å². The largest absolute Gasteiger partial charge is 0.462 e. The van der Waals surface area contributed by atoms with Crippen molar-refractivity contribution < 1.29 is 14.3 Å². The maximum absolute atomic E-state index is 12.1. The zero-order valence-corrected chi connectivity index (χ0v) is 21.1.